The predicted octanol–water partition coefficient (Wildman–Crippen LogP) is 3.07. The van der Waals surface area contributed by atoms with E-state index in [1.54, 1.807) is 7.05 Å². The zero-order chi connectivity index (χ0) is 20.3. The summed E-state index contributed by atoms with van der Waals surface area (Å²) in [7, 11) is 3.03. The van der Waals surface area contributed by atoms with Gasteiger partial charge in [-0.2, -0.15) is 0 Å². The number of carbonyl (C=O) groups excluding carboxylic acids is 2. The third-order valence-corrected chi connectivity index (χ3v) is 5.94. The van der Waals surface area contributed by atoms with E-state index in [2.05, 4.69) is 20.8 Å². The highest BCUT2D eigenvalue weighted by atomic mass is 32.2. The molecule has 0 aliphatic heterocycles. The number of hydrogen-bond acceptors (Lipinski definition) is 8. The molecule has 146 valence electrons. The highest BCUT2D eigenvalue weighted by Gasteiger charge is 2.23. The van der Waals surface area contributed by atoms with E-state index in [1.165, 1.54) is 34.9 Å². The molecule has 0 saturated heterocycles. The van der Waals surface area contributed by atoms with Crippen molar-refractivity contribution in [3.05, 3.63) is 40.3 Å². The van der Waals surface area contributed by atoms with E-state index in [-0.39, 0.29) is 11.7 Å². The molecule has 10 heteroatoms. The van der Waals surface area contributed by atoms with E-state index in [0.717, 1.165) is 22.3 Å². The largest absolute Gasteiger partial charge is 0.465 e. The first kappa shape index (κ1) is 20.0. The van der Waals surface area contributed by atoms with Crippen LogP contribution in [0.5, 0.6) is 0 Å². The molecule has 1 aromatic carbocycles. The van der Waals surface area contributed by atoms with Crippen LogP contribution in [0.2, 0.25) is 0 Å². The molecule has 2 aromatic heterocycles. The topological polar surface area (TPSA) is 99.0 Å². The molecule has 0 aliphatic carbocycles. The second-order valence-electron chi connectivity index (χ2n) is 6.09. The Morgan fingerprint density at radius 3 is 2.75 bits per heavy atom. The molecule has 3 rings (SSSR count). The number of anilines is 1. The van der Waals surface area contributed by atoms with Crippen LogP contribution in [0.25, 0.3) is 11.1 Å². The molecular formula is C18H19N5O3S2. The average Bonchev–Trinajstić information content (AvgIpc) is 3.27. The lowest BCUT2D eigenvalue weighted by atomic mass is 9.97. The van der Waals surface area contributed by atoms with Gasteiger partial charge in [0, 0.05) is 18.0 Å². The number of tetrazole rings is 1. The second-order valence-corrected chi connectivity index (χ2v) is 7.91. The number of thiophene rings is 1. The summed E-state index contributed by atoms with van der Waals surface area (Å²) in [5, 5.41) is 16.8. The Labute approximate surface area is 170 Å². The van der Waals surface area contributed by atoms with E-state index in [9.17, 15) is 9.59 Å². The first-order valence-corrected chi connectivity index (χ1v) is 10.2. The summed E-state index contributed by atoms with van der Waals surface area (Å²) in [4.78, 5) is 24.8. The highest BCUT2D eigenvalue weighted by molar-refractivity contribution is 7.99. The molecule has 2 heterocycles. The fourth-order valence-corrected chi connectivity index (χ4v) is 4.23. The van der Waals surface area contributed by atoms with Crippen LogP contribution in [-0.4, -0.2) is 44.9 Å². The summed E-state index contributed by atoms with van der Waals surface area (Å²) in [5.74, 6) is -0.629. The lowest BCUT2D eigenvalue weighted by Crippen LogP contribution is -2.16. The standard InChI is InChI=1S/C18H19N5O3S2/c1-10-5-6-11(2)12(7-10)13-8-27-16(15(13)17(25)26-4)19-14(24)9-28-18-20-21-22-23(18)3/h5-8H,9H2,1-4H3,(H,19,24). The lowest BCUT2D eigenvalue weighted by Gasteiger charge is -2.10. The minimum absolute atomic E-state index is 0.117. The van der Waals surface area contributed by atoms with Crippen molar-refractivity contribution in [3.63, 3.8) is 0 Å². The number of ether oxygens (including phenoxy) is 1. The Hall–Kier alpha value is -2.72. The first-order valence-electron chi connectivity index (χ1n) is 8.33. The zero-order valence-electron chi connectivity index (χ0n) is 15.8. The fourth-order valence-electron chi connectivity index (χ4n) is 2.62. The third kappa shape index (κ3) is 4.23. The van der Waals surface area contributed by atoms with Gasteiger partial charge in [0.15, 0.2) is 0 Å². The number of nitrogens with one attached hydrogen (secondary N) is 1. The van der Waals surface area contributed by atoms with E-state index in [4.69, 9.17) is 4.74 Å². The minimum Gasteiger partial charge on any atom is -0.465 e. The Morgan fingerprint density at radius 2 is 2.07 bits per heavy atom. The van der Waals surface area contributed by atoms with Crippen molar-refractivity contribution < 1.29 is 14.3 Å². The summed E-state index contributed by atoms with van der Waals surface area (Å²) >= 11 is 2.51. The molecule has 3 aromatic rings. The number of methoxy groups -OCH3 is 1. The number of benzene rings is 1. The van der Waals surface area contributed by atoms with Crippen LogP contribution in [0.1, 0.15) is 21.5 Å². The van der Waals surface area contributed by atoms with Crippen LogP contribution < -0.4 is 5.32 Å². The zero-order valence-corrected chi connectivity index (χ0v) is 17.5. The smallest absolute Gasteiger partial charge is 0.341 e. The van der Waals surface area contributed by atoms with Crippen LogP contribution >= 0.6 is 23.1 Å². The van der Waals surface area contributed by atoms with Gasteiger partial charge in [0.2, 0.25) is 11.1 Å². The maximum atomic E-state index is 12.5. The van der Waals surface area contributed by atoms with E-state index in [0.29, 0.717) is 15.7 Å². The summed E-state index contributed by atoms with van der Waals surface area (Å²) in [6.45, 7) is 3.98. The second kappa shape index (κ2) is 8.53. The molecule has 0 spiro atoms. The number of thioether (sulfide) groups is 1. The first-order chi connectivity index (χ1) is 13.4. The molecule has 0 radical (unpaired) electrons. The van der Waals surface area contributed by atoms with Gasteiger partial charge in [-0.05, 0) is 35.4 Å². The van der Waals surface area contributed by atoms with Gasteiger partial charge < -0.3 is 10.1 Å². The molecule has 0 saturated carbocycles. The van der Waals surface area contributed by atoms with Crippen molar-refractivity contribution >= 4 is 40.0 Å². The van der Waals surface area contributed by atoms with E-state index < -0.39 is 5.97 Å². The van der Waals surface area contributed by atoms with E-state index in [1.807, 2.05) is 37.4 Å². The van der Waals surface area contributed by atoms with Crippen molar-refractivity contribution in [1.29, 1.82) is 0 Å². The fraction of sp³-hybridized carbons (Fsp3) is 0.278. The SMILES string of the molecule is COC(=O)c1c(-c2cc(C)ccc2C)csc1NC(=O)CSc1nnnn1C. The Kier molecular flexibility index (Phi) is 6.10. The highest BCUT2D eigenvalue weighted by Crippen LogP contribution is 2.38. The molecule has 0 aliphatic rings. The average molecular weight is 418 g/mol. The van der Waals surface area contributed by atoms with Crippen molar-refractivity contribution in [2.75, 3.05) is 18.2 Å². The molecular weight excluding hydrogens is 398 g/mol. The van der Waals surface area contributed by atoms with Gasteiger partial charge in [-0.25, -0.2) is 9.48 Å². The van der Waals surface area contributed by atoms with Crippen molar-refractivity contribution in [2.45, 2.75) is 19.0 Å². The number of rotatable bonds is 6. The quantitative estimate of drug-likeness (QED) is 0.486. The predicted molar refractivity (Wildman–Crippen MR) is 109 cm³/mol. The van der Waals surface area contributed by atoms with E-state index >= 15 is 0 Å². The molecule has 0 bridgehead atoms. The van der Waals surface area contributed by atoms with Gasteiger partial charge in [0.05, 0.1) is 12.9 Å². The van der Waals surface area contributed by atoms with Gasteiger partial charge in [0.25, 0.3) is 0 Å². The number of esters is 1. The summed E-state index contributed by atoms with van der Waals surface area (Å²) in [6.07, 6.45) is 0. The normalized spacial score (nSPS) is 10.7. The summed E-state index contributed by atoms with van der Waals surface area (Å²) < 4.78 is 6.45. The maximum absolute atomic E-state index is 12.5. The maximum Gasteiger partial charge on any atom is 0.341 e. The summed E-state index contributed by atoms with van der Waals surface area (Å²) in [6, 6.07) is 6.05. The minimum atomic E-state index is -0.488. The third-order valence-electron chi connectivity index (χ3n) is 4.03. The molecule has 0 unspecified atom stereocenters. The molecule has 8 nitrogen and oxygen atoms in total. The molecule has 28 heavy (non-hydrogen) atoms. The van der Waals surface area contributed by atoms with Gasteiger partial charge in [-0.3, -0.25) is 4.79 Å². The van der Waals surface area contributed by atoms with Crippen LogP contribution in [0, 0.1) is 13.8 Å². The molecule has 1 amide bonds. The number of carbonyl (C=O) groups is 2. The number of hydrogen-bond donors (Lipinski definition) is 1. The Morgan fingerprint density at radius 1 is 1.29 bits per heavy atom. The lowest BCUT2D eigenvalue weighted by molar-refractivity contribution is -0.113. The van der Waals surface area contributed by atoms with Crippen LogP contribution in [-0.2, 0) is 16.6 Å². The van der Waals surface area contributed by atoms with Crippen molar-refractivity contribution in [3.8, 4) is 11.1 Å². The number of aromatic nitrogens is 4. The van der Waals surface area contributed by atoms with Gasteiger partial charge >= 0.3 is 5.97 Å². The van der Waals surface area contributed by atoms with Crippen LogP contribution in [0.3, 0.4) is 0 Å². The molecule has 0 fully saturated rings. The Balaban J connectivity index is 1.86. The number of amides is 1. The van der Waals surface area contributed by atoms with Gasteiger partial charge in [-0.15, -0.1) is 16.4 Å². The number of aryl methyl sites for hydroxylation is 3. The van der Waals surface area contributed by atoms with Crippen molar-refractivity contribution in [1.82, 2.24) is 20.2 Å². The molecule has 1 N–H and O–H groups in total. The summed E-state index contributed by atoms with van der Waals surface area (Å²) in [5.41, 5.74) is 4.17. The van der Waals surface area contributed by atoms with Crippen LogP contribution in [0.4, 0.5) is 5.00 Å². The van der Waals surface area contributed by atoms with Gasteiger partial charge in [0.1, 0.15) is 10.6 Å². The Bertz CT molecular complexity index is 1030. The van der Waals surface area contributed by atoms with Crippen molar-refractivity contribution in [2.24, 2.45) is 7.05 Å². The van der Waals surface area contributed by atoms with Crippen LogP contribution in [0.15, 0.2) is 28.7 Å². The monoisotopic (exact) mass is 417 g/mol. The number of nitrogens with zero attached hydrogens (tertiary/aromatic N) is 4. The van der Waals surface area contributed by atoms with Gasteiger partial charge in [-0.1, -0.05) is 35.5 Å². The molecule has 0 atom stereocenters.